The zero-order chi connectivity index (χ0) is 17.5. The van der Waals surface area contributed by atoms with E-state index in [9.17, 15) is 5.11 Å². The summed E-state index contributed by atoms with van der Waals surface area (Å²) in [6.07, 6.45) is 11.4. The summed E-state index contributed by atoms with van der Waals surface area (Å²) in [4.78, 5) is 0. The summed E-state index contributed by atoms with van der Waals surface area (Å²) in [5.74, 6) is 2.04. The van der Waals surface area contributed by atoms with Gasteiger partial charge in [-0.3, -0.25) is 0 Å². The summed E-state index contributed by atoms with van der Waals surface area (Å²) in [6.45, 7) is 8.32. The molecule has 0 aromatic heterocycles. The first-order chi connectivity index (χ1) is 11.9. The van der Waals surface area contributed by atoms with Crippen LogP contribution in [0.25, 0.3) is 0 Å². The van der Waals surface area contributed by atoms with Crippen LogP contribution in [0, 0.1) is 34.0 Å². The number of hydrogen-bond donors (Lipinski definition) is 1. The van der Waals surface area contributed by atoms with Crippen molar-refractivity contribution in [3.63, 3.8) is 0 Å². The number of aliphatic hydroxyl groups is 1. The predicted octanol–water partition coefficient (Wildman–Crippen LogP) is 4.52. The van der Waals surface area contributed by atoms with Gasteiger partial charge in [0.15, 0.2) is 6.29 Å². The van der Waals surface area contributed by atoms with E-state index >= 15 is 0 Å². The van der Waals surface area contributed by atoms with Crippen LogP contribution in [0.4, 0.5) is 0 Å². The number of rotatable bonds is 2. The number of hydrogen-bond acceptors (Lipinski definition) is 3. The Labute approximate surface area is 152 Å². The number of ether oxygens (including phenoxy) is 2. The van der Waals surface area contributed by atoms with Crippen LogP contribution in [0.1, 0.15) is 78.6 Å². The van der Waals surface area contributed by atoms with E-state index in [-0.39, 0.29) is 11.7 Å². The fraction of sp³-hybridized carbons (Fsp3) is 1.00. The first-order valence-corrected chi connectivity index (χ1v) is 10.8. The molecule has 1 unspecified atom stereocenters. The maximum Gasteiger partial charge on any atom is 0.163 e. The van der Waals surface area contributed by atoms with Crippen molar-refractivity contribution < 1.29 is 14.6 Å². The lowest BCUT2D eigenvalue weighted by molar-refractivity contribution is -0.328. The SMILES string of the molecule is CCOC1OC[C@@]23CCC[C@]1(C)[C@H]2CC[C@@]12C[C@@H](CC[C@H]13)[C@](C)(O)C2. The van der Waals surface area contributed by atoms with Crippen molar-refractivity contribution in [1.82, 2.24) is 0 Å². The third kappa shape index (κ3) is 2.04. The van der Waals surface area contributed by atoms with Gasteiger partial charge in [0.1, 0.15) is 0 Å². The normalized spacial score (nSPS) is 60.0. The van der Waals surface area contributed by atoms with Gasteiger partial charge in [-0.15, -0.1) is 0 Å². The molecule has 1 N–H and O–H groups in total. The van der Waals surface area contributed by atoms with Crippen LogP contribution in [-0.4, -0.2) is 30.2 Å². The summed E-state index contributed by atoms with van der Waals surface area (Å²) in [5.41, 5.74) is 0.499. The number of fused-ring (bicyclic) bond motifs is 1. The standard InChI is InChI=1S/C22H36O3/c1-4-24-18-19(2)9-5-10-22(14-25-18)16(19)8-11-21-12-15(6-7-17(21)22)20(3,23)13-21/h15-18,23H,4-14H2,1-3H3/t15-,16-,17-,18?,19-,20-,21+,22+/m1/s1. The molecule has 0 amide bonds. The van der Waals surface area contributed by atoms with E-state index in [0.29, 0.717) is 16.7 Å². The van der Waals surface area contributed by atoms with E-state index in [2.05, 4.69) is 20.8 Å². The molecule has 4 bridgehead atoms. The molecular weight excluding hydrogens is 312 g/mol. The summed E-state index contributed by atoms with van der Waals surface area (Å²) in [5, 5.41) is 11.0. The maximum atomic E-state index is 11.0. The lowest BCUT2D eigenvalue weighted by Gasteiger charge is -2.68. The average molecular weight is 349 g/mol. The Morgan fingerprint density at radius 2 is 1.92 bits per heavy atom. The summed E-state index contributed by atoms with van der Waals surface area (Å²) < 4.78 is 12.6. The Hall–Kier alpha value is -0.120. The molecule has 142 valence electrons. The van der Waals surface area contributed by atoms with Gasteiger partial charge in [-0.2, -0.15) is 0 Å². The summed E-state index contributed by atoms with van der Waals surface area (Å²) in [6, 6.07) is 0. The molecule has 0 radical (unpaired) electrons. The van der Waals surface area contributed by atoms with E-state index in [1.54, 1.807) is 0 Å². The second kappa shape index (κ2) is 5.23. The van der Waals surface area contributed by atoms with Gasteiger partial charge in [-0.1, -0.05) is 13.3 Å². The molecule has 1 spiro atoms. The maximum absolute atomic E-state index is 11.0. The molecule has 1 saturated heterocycles. The Bertz CT molecular complexity index is 559. The van der Waals surface area contributed by atoms with Gasteiger partial charge in [0.25, 0.3) is 0 Å². The smallest absolute Gasteiger partial charge is 0.163 e. The van der Waals surface area contributed by atoms with Crippen molar-refractivity contribution in [2.24, 2.45) is 34.0 Å². The second-order valence-electron chi connectivity index (χ2n) is 10.7. The molecule has 4 saturated carbocycles. The van der Waals surface area contributed by atoms with Gasteiger partial charge in [0.05, 0.1) is 12.2 Å². The topological polar surface area (TPSA) is 38.7 Å². The van der Waals surface area contributed by atoms with Crippen LogP contribution < -0.4 is 0 Å². The minimum Gasteiger partial charge on any atom is -0.390 e. The third-order valence-electron chi connectivity index (χ3n) is 9.62. The molecule has 3 heteroatoms. The zero-order valence-corrected chi connectivity index (χ0v) is 16.4. The monoisotopic (exact) mass is 348 g/mol. The molecule has 0 aromatic rings. The van der Waals surface area contributed by atoms with E-state index in [4.69, 9.17) is 9.47 Å². The highest BCUT2D eigenvalue weighted by Gasteiger charge is 2.70. The summed E-state index contributed by atoms with van der Waals surface area (Å²) >= 11 is 0. The van der Waals surface area contributed by atoms with Crippen LogP contribution in [-0.2, 0) is 9.47 Å². The largest absolute Gasteiger partial charge is 0.390 e. The van der Waals surface area contributed by atoms with Crippen LogP contribution >= 0.6 is 0 Å². The molecule has 1 heterocycles. The Morgan fingerprint density at radius 3 is 2.72 bits per heavy atom. The summed E-state index contributed by atoms with van der Waals surface area (Å²) in [7, 11) is 0. The highest BCUT2D eigenvalue weighted by Crippen LogP contribution is 2.74. The lowest BCUT2D eigenvalue weighted by Crippen LogP contribution is -2.66. The Morgan fingerprint density at radius 1 is 1.08 bits per heavy atom. The van der Waals surface area contributed by atoms with Crippen LogP contribution in [0.3, 0.4) is 0 Å². The predicted molar refractivity (Wildman–Crippen MR) is 97.0 cm³/mol. The van der Waals surface area contributed by atoms with Crippen molar-refractivity contribution in [2.75, 3.05) is 13.2 Å². The van der Waals surface area contributed by atoms with Gasteiger partial charge in [0, 0.05) is 17.4 Å². The molecule has 5 aliphatic rings. The lowest BCUT2D eigenvalue weighted by atomic mass is 9.39. The van der Waals surface area contributed by atoms with Crippen molar-refractivity contribution in [3.05, 3.63) is 0 Å². The van der Waals surface area contributed by atoms with Crippen molar-refractivity contribution in [1.29, 1.82) is 0 Å². The minimum atomic E-state index is -0.431. The molecule has 1 aliphatic heterocycles. The van der Waals surface area contributed by atoms with Crippen LogP contribution in [0.15, 0.2) is 0 Å². The van der Waals surface area contributed by atoms with Crippen LogP contribution in [0.2, 0.25) is 0 Å². The molecule has 4 aliphatic carbocycles. The van der Waals surface area contributed by atoms with Gasteiger partial charge in [-0.05, 0) is 88.4 Å². The van der Waals surface area contributed by atoms with Crippen molar-refractivity contribution >= 4 is 0 Å². The molecule has 3 nitrogen and oxygen atoms in total. The fourth-order valence-electron chi connectivity index (χ4n) is 8.89. The quantitative estimate of drug-likeness (QED) is 0.797. The van der Waals surface area contributed by atoms with E-state index in [1.807, 2.05) is 0 Å². The van der Waals surface area contributed by atoms with Crippen LogP contribution in [0.5, 0.6) is 0 Å². The van der Waals surface area contributed by atoms with Gasteiger partial charge in [0.2, 0.25) is 0 Å². The minimum absolute atomic E-state index is 0.00648. The van der Waals surface area contributed by atoms with Crippen molar-refractivity contribution in [3.8, 4) is 0 Å². The fourth-order valence-corrected chi connectivity index (χ4v) is 8.89. The van der Waals surface area contributed by atoms with Gasteiger partial charge >= 0.3 is 0 Å². The molecule has 8 atom stereocenters. The third-order valence-corrected chi connectivity index (χ3v) is 9.62. The highest BCUT2D eigenvalue weighted by atomic mass is 16.7. The van der Waals surface area contributed by atoms with E-state index in [0.717, 1.165) is 31.5 Å². The Balaban J connectivity index is 1.54. The molecular formula is C22H36O3. The second-order valence-corrected chi connectivity index (χ2v) is 10.7. The Kier molecular flexibility index (Phi) is 3.56. The molecule has 5 fully saturated rings. The first-order valence-electron chi connectivity index (χ1n) is 10.8. The van der Waals surface area contributed by atoms with Gasteiger partial charge < -0.3 is 14.6 Å². The highest BCUT2D eigenvalue weighted by molar-refractivity contribution is 5.18. The van der Waals surface area contributed by atoms with E-state index in [1.165, 1.54) is 51.4 Å². The van der Waals surface area contributed by atoms with E-state index < -0.39 is 5.60 Å². The molecule has 25 heavy (non-hydrogen) atoms. The molecule has 0 aromatic carbocycles. The molecule has 5 rings (SSSR count). The zero-order valence-electron chi connectivity index (χ0n) is 16.4. The first kappa shape index (κ1) is 17.0. The van der Waals surface area contributed by atoms with Crippen molar-refractivity contribution in [2.45, 2.75) is 90.4 Å². The van der Waals surface area contributed by atoms with Gasteiger partial charge in [-0.25, -0.2) is 0 Å². The average Bonchev–Trinajstić information content (AvgIpc) is 2.74.